The fourth-order valence-corrected chi connectivity index (χ4v) is 1.96. The third-order valence-electron chi connectivity index (χ3n) is 3.15. The molecule has 1 unspecified atom stereocenters. The molecule has 0 aromatic heterocycles. The van der Waals surface area contributed by atoms with Gasteiger partial charge < -0.3 is 5.73 Å². The Kier molecular flexibility index (Phi) is 4.34. The van der Waals surface area contributed by atoms with Crippen molar-refractivity contribution in [2.24, 2.45) is 5.73 Å². The maximum absolute atomic E-state index is 6.20. The molecule has 0 radical (unpaired) electrons. The van der Waals surface area contributed by atoms with E-state index in [4.69, 9.17) is 5.73 Å². The van der Waals surface area contributed by atoms with E-state index in [0.717, 1.165) is 6.42 Å². The number of hydrogen-bond donors (Lipinski definition) is 1. The summed E-state index contributed by atoms with van der Waals surface area (Å²) in [4.78, 5) is 0. The van der Waals surface area contributed by atoms with Crippen molar-refractivity contribution in [2.45, 2.75) is 53.0 Å². The van der Waals surface area contributed by atoms with Gasteiger partial charge in [-0.05, 0) is 49.4 Å². The molecule has 1 atom stereocenters. The van der Waals surface area contributed by atoms with Crippen LogP contribution in [0.25, 0.3) is 0 Å². The summed E-state index contributed by atoms with van der Waals surface area (Å²) in [6, 6.07) is 4.71. The van der Waals surface area contributed by atoms with Crippen LogP contribution < -0.4 is 5.73 Å². The first kappa shape index (κ1) is 12.3. The molecule has 0 aliphatic rings. The molecule has 0 spiro atoms. The Labute approximate surface area is 93.7 Å². The highest BCUT2D eigenvalue weighted by atomic mass is 14.6. The van der Waals surface area contributed by atoms with E-state index in [9.17, 15) is 0 Å². The fraction of sp³-hybridized carbons (Fsp3) is 0.571. The number of hydrogen-bond acceptors (Lipinski definition) is 1. The van der Waals surface area contributed by atoms with Crippen LogP contribution in [0.15, 0.2) is 12.1 Å². The quantitative estimate of drug-likeness (QED) is 0.795. The lowest BCUT2D eigenvalue weighted by Crippen LogP contribution is -2.12. The minimum atomic E-state index is 0.212. The molecular weight excluding hydrogens is 182 g/mol. The fourth-order valence-electron chi connectivity index (χ4n) is 1.96. The number of benzene rings is 1. The van der Waals surface area contributed by atoms with Crippen LogP contribution >= 0.6 is 0 Å². The average molecular weight is 205 g/mol. The van der Waals surface area contributed by atoms with Crippen molar-refractivity contribution in [1.29, 1.82) is 0 Å². The zero-order chi connectivity index (χ0) is 11.4. The second-order valence-electron chi connectivity index (χ2n) is 4.54. The molecule has 1 aromatic carbocycles. The highest BCUT2D eigenvalue weighted by molar-refractivity contribution is 5.38. The summed E-state index contributed by atoms with van der Waals surface area (Å²) in [5, 5.41) is 0. The predicted molar refractivity (Wildman–Crippen MR) is 67.1 cm³/mol. The van der Waals surface area contributed by atoms with E-state index in [-0.39, 0.29) is 6.04 Å². The van der Waals surface area contributed by atoms with E-state index in [1.807, 2.05) is 0 Å². The van der Waals surface area contributed by atoms with Crippen molar-refractivity contribution >= 4 is 0 Å². The highest BCUT2D eigenvalue weighted by Gasteiger charge is 2.09. The van der Waals surface area contributed by atoms with Gasteiger partial charge in [0.2, 0.25) is 0 Å². The van der Waals surface area contributed by atoms with Crippen molar-refractivity contribution in [3.63, 3.8) is 0 Å². The molecule has 0 fully saturated rings. The van der Waals surface area contributed by atoms with Crippen LogP contribution in [0, 0.1) is 20.8 Å². The molecule has 0 aliphatic heterocycles. The summed E-state index contributed by atoms with van der Waals surface area (Å²) in [7, 11) is 0. The molecule has 1 rings (SSSR count). The van der Waals surface area contributed by atoms with Crippen molar-refractivity contribution < 1.29 is 0 Å². The normalized spacial score (nSPS) is 12.9. The van der Waals surface area contributed by atoms with Gasteiger partial charge in [0.05, 0.1) is 0 Å². The van der Waals surface area contributed by atoms with Gasteiger partial charge in [-0.3, -0.25) is 0 Å². The summed E-state index contributed by atoms with van der Waals surface area (Å²) in [6.07, 6.45) is 3.53. The zero-order valence-electron chi connectivity index (χ0n) is 10.4. The molecule has 15 heavy (non-hydrogen) atoms. The lowest BCUT2D eigenvalue weighted by atomic mass is 9.94. The number of nitrogens with two attached hydrogens (primary N) is 1. The minimum absolute atomic E-state index is 0.212. The van der Waals surface area contributed by atoms with E-state index in [1.54, 1.807) is 0 Å². The van der Waals surface area contributed by atoms with E-state index in [2.05, 4.69) is 39.8 Å². The van der Waals surface area contributed by atoms with Crippen LogP contribution in [0.2, 0.25) is 0 Å². The molecule has 0 amide bonds. The van der Waals surface area contributed by atoms with Gasteiger partial charge in [-0.2, -0.15) is 0 Å². The first-order chi connectivity index (χ1) is 7.06. The van der Waals surface area contributed by atoms with Crippen LogP contribution in [0.1, 0.15) is 54.5 Å². The molecule has 1 nitrogen and oxygen atoms in total. The van der Waals surface area contributed by atoms with Gasteiger partial charge in [-0.1, -0.05) is 31.9 Å². The molecule has 0 bridgehead atoms. The predicted octanol–water partition coefficient (Wildman–Crippen LogP) is 3.80. The monoisotopic (exact) mass is 205 g/mol. The van der Waals surface area contributed by atoms with Gasteiger partial charge in [-0.25, -0.2) is 0 Å². The molecule has 0 saturated heterocycles. The van der Waals surface area contributed by atoms with E-state index >= 15 is 0 Å². The van der Waals surface area contributed by atoms with Crippen LogP contribution in [0.5, 0.6) is 0 Å². The summed E-state index contributed by atoms with van der Waals surface area (Å²) < 4.78 is 0. The van der Waals surface area contributed by atoms with Gasteiger partial charge in [0.15, 0.2) is 0 Å². The maximum atomic E-state index is 6.20. The van der Waals surface area contributed by atoms with E-state index in [0.29, 0.717) is 0 Å². The van der Waals surface area contributed by atoms with Crippen molar-refractivity contribution in [2.75, 3.05) is 0 Å². The van der Waals surface area contributed by atoms with Crippen LogP contribution in [0.3, 0.4) is 0 Å². The maximum Gasteiger partial charge on any atom is 0.0297 e. The van der Waals surface area contributed by atoms with E-state index < -0.39 is 0 Å². The lowest BCUT2D eigenvalue weighted by Gasteiger charge is -2.16. The summed E-state index contributed by atoms with van der Waals surface area (Å²) in [5.41, 5.74) is 11.6. The SMILES string of the molecule is CCCCC(N)c1cc(C)c(C)cc1C. The van der Waals surface area contributed by atoms with Crippen molar-refractivity contribution in [1.82, 2.24) is 0 Å². The molecule has 2 N–H and O–H groups in total. The first-order valence-corrected chi connectivity index (χ1v) is 5.89. The van der Waals surface area contributed by atoms with Crippen LogP contribution in [-0.2, 0) is 0 Å². The molecule has 0 heterocycles. The average Bonchev–Trinajstić information content (AvgIpc) is 2.20. The zero-order valence-corrected chi connectivity index (χ0v) is 10.4. The van der Waals surface area contributed by atoms with Gasteiger partial charge in [-0.15, -0.1) is 0 Å². The Morgan fingerprint density at radius 1 is 1.07 bits per heavy atom. The molecule has 0 aliphatic carbocycles. The summed E-state index contributed by atoms with van der Waals surface area (Å²) >= 11 is 0. The van der Waals surface area contributed by atoms with Gasteiger partial charge in [0.1, 0.15) is 0 Å². The second-order valence-corrected chi connectivity index (χ2v) is 4.54. The van der Waals surface area contributed by atoms with Crippen LogP contribution in [-0.4, -0.2) is 0 Å². The smallest absolute Gasteiger partial charge is 0.0297 e. The minimum Gasteiger partial charge on any atom is -0.324 e. The van der Waals surface area contributed by atoms with E-state index in [1.165, 1.54) is 35.1 Å². The molecular formula is C14H23N. The second kappa shape index (κ2) is 5.32. The lowest BCUT2D eigenvalue weighted by molar-refractivity contribution is 0.600. The topological polar surface area (TPSA) is 26.0 Å². The number of unbranched alkanes of at least 4 members (excludes halogenated alkanes) is 1. The van der Waals surface area contributed by atoms with Crippen LogP contribution in [0.4, 0.5) is 0 Å². The third-order valence-corrected chi connectivity index (χ3v) is 3.15. The Morgan fingerprint density at radius 2 is 1.67 bits per heavy atom. The largest absolute Gasteiger partial charge is 0.324 e. The Balaban J connectivity index is 2.88. The number of aryl methyl sites for hydroxylation is 3. The summed E-state index contributed by atoms with van der Waals surface area (Å²) in [5.74, 6) is 0. The van der Waals surface area contributed by atoms with Gasteiger partial charge >= 0.3 is 0 Å². The van der Waals surface area contributed by atoms with Crippen molar-refractivity contribution in [3.8, 4) is 0 Å². The van der Waals surface area contributed by atoms with Gasteiger partial charge in [0.25, 0.3) is 0 Å². The Morgan fingerprint density at radius 3 is 2.27 bits per heavy atom. The molecule has 1 heteroatoms. The van der Waals surface area contributed by atoms with Crippen molar-refractivity contribution in [3.05, 3.63) is 34.4 Å². The third kappa shape index (κ3) is 3.07. The standard InChI is InChI=1S/C14H23N/c1-5-6-7-14(15)13-9-11(3)10(2)8-12(13)4/h8-9,14H,5-7,15H2,1-4H3. The first-order valence-electron chi connectivity index (χ1n) is 5.89. The number of rotatable bonds is 4. The highest BCUT2D eigenvalue weighted by Crippen LogP contribution is 2.23. The van der Waals surface area contributed by atoms with Gasteiger partial charge in [0, 0.05) is 6.04 Å². The molecule has 0 saturated carbocycles. The molecule has 1 aromatic rings. The Bertz CT molecular complexity index is 328. The summed E-state index contributed by atoms with van der Waals surface area (Å²) in [6.45, 7) is 8.68. The Hall–Kier alpha value is -0.820. The molecule has 84 valence electrons.